The zero-order chi connectivity index (χ0) is 14.7. The molecule has 2 atom stereocenters. The number of benzene rings is 1. The van der Waals surface area contributed by atoms with Gasteiger partial charge < -0.3 is 11.1 Å². The number of carbonyl (C=O) groups is 1. The maximum absolute atomic E-state index is 12.3. The summed E-state index contributed by atoms with van der Waals surface area (Å²) in [5, 5.41) is 9.87. The van der Waals surface area contributed by atoms with Crippen LogP contribution in [0.1, 0.15) is 25.7 Å². The minimum atomic E-state index is 0. The van der Waals surface area contributed by atoms with Crippen molar-refractivity contribution in [3.8, 4) is 11.3 Å². The number of halogens is 1. The van der Waals surface area contributed by atoms with E-state index in [4.69, 9.17) is 5.73 Å². The zero-order valence-corrected chi connectivity index (χ0v) is 13.1. The summed E-state index contributed by atoms with van der Waals surface area (Å²) in [5.74, 6) is 0.108. The van der Waals surface area contributed by atoms with Crippen molar-refractivity contribution >= 4 is 24.0 Å². The lowest BCUT2D eigenvalue weighted by Crippen LogP contribution is -2.34. The van der Waals surface area contributed by atoms with Crippen molar-refractivity contribution in [1.82, 2.24) is 10.2 Å². The summed E-state index contributed by atoms with van der Waals surface area (Å²) < 4.78 is 0. The standard InChI is InChI=1S/C16H20N4O.ClH/c17-13-5-1-4-12(9-13)16(21)19-14-6-2-3-11(10-14)15-7-8-18-20-15;/h2-3,6-8,10,12-13H,1,4-5,9,17H2,(H,18,20)(H,19,21);1H. The molecule has 0 bridgehead atoms. The molecular weight excluding hydrogens is 300 g/mol. The van der Waals surface area contributed by atoms with Crippen LogP contribution in [0.5, 0.6) is 0 Å². The molecule has 5 nitrogen and oxygen atoms in total. The van der Waals surface area contributed by atoms with Crippen molar-refractivity contribution in [3.05, 3.63) is 36.5 Å². The Morgan fingerprint density at radius 2 is 2.18 bits per heavy atom. The van der Waals surface area contributed by atoms with Crippen LogP contribution in [-0.2, 0) is 4.79 Å². The number of anilines is 1. The number of amides is 1. The molecule has 118 valence electrons. The van der Waals surface area contributed by atoms with Crippen LogP contribution in [0.3, 0.4) is 0 Å². The van der Waals surface area contributed by atoms with E-state index in [0.29, 0.717) is 0 Å². The molecule has 0 saturated heterocycles. The summed E-state index contributed by atoms with van der Waals surface area (Å²) in [5.41, 5.74) is 8.71. The molecule has 1 saturated carbocycles. The van der Waals surface area contributed by atoms with Crippen molar-refractivity contribution in [1.29, 1.82) is 0 Å². The highest BCUT2D eigenvalue weighted by atomic mass is 35.5. The number of hydrogen-bond donors (Lipinski definition) is 3. The molecule has 1 aliphatic rings. The first-order valence-corrected chi connectivity index (χ1v) is 7.38. The largest absolute Gasteiger partial charge is 0.328 e. The van der Waals surface area contributed by atoms with Crippen LogP contribution in [0.15, 0.2) is 36.5 Å². The fraction of sp³-hybridized carbons (Fsp3) is 0.375. The summed E-state index contributed by atoms with van der Waals surface area (Å²) in [7, 11) is 0. The lowest BCUT2D eigenvalue weighted by atomic mass is 9.85. The Labute approximate surface area is 136 Å². The quantitative estimate of drug-likeness (QED) is 0.813. The van der Waals surface area contributed by atoms with Gasteiger partial charge in [0.1, 0.15) is 0 Å². The van der Waals surface area contributed by atoms with Crippen LogP contribution >= 0.6 is 12.4 Å². The van der Waals surface area contributed by atoms with Crippen molar-refractivity contribution in [3.63, 3.8) is 0 Å². The van der Waals surface area contributed by atoms with E-state index in [-0.39, 0.29) is 30.3 Å². The molecule has 2 aromatic rings. The van der Waals surface area contributed by atoms with E-state index < -0.39 is 0 Å². The van der Waals surface area contributed by atoms with Gasteiger partial charge in [0.15, 0.2) is 0 Å². The maximum atomic E-state index is 12.3. The average molecular weight is 321 g/mol. The number of aromatic amines is 1. The highest BCUT2D eigenvalue weighted by Crippen LogP contribution is 2.25. The summed E-state index contributed by atoms with van der Waals surface area (Å²) >= 11 is 0. The third-order valence-corrected chi connectivity index (χ3v) is 4.03. The van der Waals surface area contributed by atoms with Crippen LogP contribution in [0, 0.1) is 5.92 Å². The predicted molar refractivity (Wildman–Crippen MR) is 89.8 cm³/mol. The fourth-order valence-corrected chi connectivity index (χ4v) is 2.89. The van der Waals surface area contributed by atoms with E-state index >= 15 is 0 Å². The molecule has 4 N–H and O–H groups in total. The molecule has 1 aromatic heterocycles. The van der Waals surface area contributed by atoms with E-state index in [1.165, 1.54) is 0 Å². The second-order valence-corrected chi connectivity index (χ2v) is 5.66. The second-order valence-electron chi connectivity index (χ2n) is 5.66. The van der Waals surface area contributed by atoms with Gasteiger partial charge in [-0.15, -0.1) is 12.4 Å². The summed E-state index contributed by atoms with van der Waals surface area (Å²) in [6.45, 7) is 0. The smallest absolute Gasteiger partial charge is 0.227 e. The number of hydrogen-bond acceptors (Lipinski definition) is 3. The summed E-state index contributed by atoms with van der Waals surface area (Å²) in [6.07, 6.45) is 5.49. The van der Waals surface area contributed by atoms with Gasteiger partial charge in [-0.3, -0.25) is 9.89 Å². The lowest BCUT2D eigenvalue weighted by molar-refractivity contribution is -0.120. The predicted octanol–water partition coefficient (Wildman–Crippen LogP) is 2.95. The number of aromatic nitrogens is 2. The van der Waals surface area contributed by atoms with Crippen molar-refractivity contribution < 1.29 is 4.79 Å². The SMILES string of the molecule is Cl.NC1CCCC(C(=O)Nc2cccc(-c3ccn[nH]3)c2)C1. The van der Waals surface area contributed by atoms with Gasteiger partial charge in [0.05, 0.1) is 5.69 Å². The molecule has 1 fully saturated rings. The van der Waals surface area contributed by atoms with E-state index in [1.807, 2.05) is 30.3 Å². The number of rotatable bonds is 3. The Bertz CT molecular complexity index is 614. The first-order valence-electron chi connectivity index (χ1n) is 7.38. The second kappa shape index (κ2) is 7.42. The topological polar surface area (TPSA) is 83.8 Å². The van der Waals surface area contributed by atoms with Crippen LogP contribution in [0.25, 0.3) is 11.3 Å². The van der Waals surface area contributed by atoms with Gasteiger partial charge in [-0.25, -0.2) is 0 Å². The van der Waals surface area contributed by atoms with Gasteiger partial charge in [0, 0.05) is 29.4 Å². The molecule has 0 spiro atoms. The molecule has 1 aliphatic carbocycles. The third kappa shape index (κ3) is 3.87. The maximum Gasteiger partial charge on any atom is 0.227 e. The molecule has 1 aromatic carbocycles. The van der Waals surface area contributed by atoms with Gasteiger partial charge in [-0.1, -0.05) is 18.6 Å². The van der Waals surface area contributed by atoms with E-state index in [0.717, 1.165) is 42.6 Å². The van der Waals surface area contributed by atoms with Crippen LogP contribution < -0.4 is 11.1 Å². The molecule has 6 heteroatoms. The molecule has 0 radical (unpaired) electrons. The zero-order valence-electron chi connectivity index (χ0n) is 12.3. The molecule has 3 rings (SSSR count). The van der Waals surface area contributed by atoms with Gasteiger partial charge in [0.25, 0.3) is 0 Å². The average Bonchev–Trinajstić information content (AvgIpc) is 3.02. The van der Waals surface area contributed by atoms with Gasteiger partial charge in [-0.2, -0.15) is 5.10 Å². The monoisotopic (exact) mass is 320 g/mol. The highest BCUT2D eigenvalue weighted by molar-refractivity contribution is 5.93. The molecular formula is C16H21ClN4O. The van der Waals surface area contributed by atoms with Crippen molar-refractivity contribution in [2.45, 2.75) is 31.7 Å². The summed E-state index contributed by atoms with van der Waals surface area (Å²) in [6, 6.07) is 9.83. The van der Waals surface area contributed by atoms with Crippen LogP contribution in [-0.4, -0.2) is 22.1 Å². The Balaban J connectivity index is 0.00000176. The molecule has 0 aliphatic heterocycles. The highest BCUT2D eigenvalue weighted by Gasteiger charge is 2.25. The van der Waals surface area contributed by atoms with Crippen molar-refractivity contribution in [2.75, 3.05) is 5.32 Å². The van der Waals surface area contributed by atoms with Crippen LogP contribution in [0.2, 0.25) is 0 Å². The Morgan fingerprint density at radius 1 is 1.32 bits per heavy atom. The van der Waals surface area contributed by atoms with Gasteiger partial charge in [-0.05, 0) is 37.5 Å². The normalized spacial score (nSPS) is 21.0. The van der Waals surface area contributed by atoms with E-state index in [1.54, 1.807) is 6.20 Å². The summed E-state index contributed by atoms with van der Waals surface area (Å²) in [4.78, 5) is 12.3. The molecule has 2 unspecified atom stereocenters. The fourth-order valence-electron chi connectivity index (χ4n) is 2.89. The molecule has 1 amide bonds. The lowest BCUT2D eigenvalue weighted by Gasteiger charge is -2.25. The number of carbonyl (C=O) groups excluding carboxylic acids is 1. The number of nitrogens with zero attached hydrogens (tertiary/aromatic N) is 1. The Kier molecular flexibility index (Phi) is 5.57. The number of nitrogens with two attached hydrogens (primary N) is 1. The minimum absolute atomic E-state index is 0. The van der Waals surface area contributed by atoms with E-state index in [9.17, 15) is 4.79 Å². The number of H-pyrrole nitrogens is 1. The van der Waals surface area contributed by atoms with Gasteiger partial charge >= 0.3 is 0 Å². The van der Waals surface area contributed by atoms with Gasteiger partial charge in [0.2, 0.25) is 5.91 Å². The van der Waals surface area contributed by atoms with Crippen molar-refractivity contribution in [2.24, 2.45) is 11.7 Å². The first-order chi connectivity index (χ1) is 10.2. The Hall–Kier alpha value is -1.85. The molecule has 22 heavy (non-hydrogen) atoms. The first kappa shape index (κ1) is 16.5. The Morgan fingerprint density at radius 3 is 2.91 bits per heavy atom. The number of nitrogens with one attached hydrogen (secondary N) is 2. The molecule has 1 heterocycles. The minimum Gasteiger partial charge on any atom is -0.328 e. The third-order valence-electron chi connectivity index (χ3n) is 4.03. The van der Waals surface area contributed by atoms with Crippen LogP contribution in [0.4, 0.5) is 5.69 Å². The van der Waals surface area contributed by atoms with E-state index in [2.05, 4.69) is 15.5 Å².